The molecule has 7 nitrogen and oxygen atoms in total. The molecule has 1 amide bonds. The second-order valence-corrected chi connectivity index (χ2v) is 11.6. The van der Waals surface area contributed by atoms with Gasteiger partial charge in [-0.2, -0.15) is 0 Å². The molecule has 0 aliphatic carbocycles. The molecule has 1 heterocycles. The Balaban J connectivity index is 1.79. The van der Waals surface area contributed by atoms with Crippen molar-refractivity contribution < 1.29 is 22.0 Å². The van der Waals surface area contributed by atoms with Gasteiger partial charge < -0.3 is 5.32 Å². The Morgan fingerprint density at radius 3 is 2.41 bits per heavy atom. The maximum atomic E-state index is 15.6. The molecule has 37 heavy (non-hydrogen) atoms. The zero-order valence-electron chi connectivity index (χ0n) is 19.7. The normalized spacial score (nSPS) is 12.0. The number of nitrogens with one attached hydrogen (secondary N) is 2. The lowest BCUT2D eigenvalue weighted by molar-refractivity contribution is -0.123. The van der Waals surface area contributed by atoms with Gasteiger partial charge in [0.15, 0.2) is 5.82 Å². The highest BCUT2D eigenvalue weighted by molar-refractivity contribution is 7.92. The minimum absolute atomic E-state index is 0.0744. The number of hydrogen-bond donors (Lipinski definition) is 2. The van der Waals surface area contributed by atoms with Crippen molar-refractivity contribution in [3.8, 4) is 11.1 Å². The summed E-state index contributed by atoms with van der Waals surface area (Å²) in [4.78, 5) is 20.4. The van der Waals surface area contributed by atoms with E-state index in [9.17, 15) is 17.6 Å². The monoisotopic (exact) mass is 564 g/mol. The van der Waals surface area contributed by atoms with Crippen LogP contribution in [0.1, 0.15) is 20.8 Å². The quantitative estimate of drug-likeness (QED) is 0.282. The maximum Gasteiger partial charge on any atom is 0.263 e. The molecule has 0 unspecified atom stereocenters. The Morgan fingerprint density at radius 1 is 0.973 bits per heavy atom. The van der Waals surface area contributed by atoms with Gasteiger partial charge in [-0.05, 0) is 48.0 Å². The van der Waals surface area contributed by atoms with Crippen LogP contribution in [0.15, 0.2) is 59.8 Å². The van der Waals surface area contributed by atoms with E-state index >= 15 is 4.39 Å². The summed E-state index contributed by atoms with van der Waals surface area (Å²) in [5.41, 5.74) is -1.21. The van der Waals surface area contributed by atoms with Gasteiger partial charge in [-0.1, -0.05) is 50.0 Å². The van der Waals surface area contributed by atoms with E-state index in [0.717, 1.165) is 18.2 Å². The summed E-state index contributed by atoms with van der Waals surface area (Å²) in [7, 11) is -4.37. The molecule has 3 aromatic carbocycles. The third kappa shape index (κ3) is 5.51. The van der Waals surface area contributed by atoms with Crippen LogP contribution in [0.3, 0.4) is 0 Å². The summed E-state index contributed by atoms with van der Waals surface area (Å²) in [6, 6.07) is 10.1. The number of carbonyl (C=O) groups excluding carboxylic acids is 1. The van der Waals surface area contributed by atoms with Crippen molar-refractivity contribution in [3.63, 3.8) is 0 Å². The summed E-state index contributed by atoms with van der Waals surface area (Å²) >= 11 is 11.9. The molecule has 12 heteroatoms. The van der Waals surface area contributed by atoms with Gasteiger partial charge in [0.1, 0.15) is 22.9 Å². The molecule has 0 saturated heterocycles. The van der Waals surface area contributed by atoms with Crippen molar-refractivity contribution in [3.05, 3.63) is 76.5 Å². The number of amides is 1. The van der Waals surface area contributed by atoms with Crippen LogP contribution in [-0.2, 0) is 14.8 Å². The Morgan fingerprint density at radius 2 is 1.70 bits per heavy atom. The van der Waals surface area contributed by atoms with Crippen LogP contribution < -0.4 is 10.0 Å². The van der Waals surface area contributed by atoms with Crippen molar-refractivity contribution in [1.29, 1.82) is 0 Å². The van der Waals surface area contributed by atoms with E-state index in [4.69, 9.17) is 23.2 Å². The first-order valence-corrected chi connectivity index (χ1v) is 13.0. The van der Waals surface area contributed by atoms with Crippen LogP contribution in [0.5, 0.6) is 0 Å². The Hall–Kier alpha value is -3.34. The van der Waals surface area contributed by atoms with Gasteiger partial charge >= 0.3 is 0 Å². The molecule has 0 bridgehead atoms. The van der Waals surface area contributed by atoms with Crippen molar-refractivity contribution in [2.24, 2.45) is 5.41 Å². The zero-order valence-corrected chi connectivity index (χ0v) is 22.1. The molecule has 0 spiro atoms. The van der Waals surface area contributed by atoms with Gasteiger partial charge in [0.05, 0.1) is 21.8 Å². The number of nitrogens with zero attached hydrogens (tertiary/aromatic N) is 2. The lowest BCUT2D eigenvalue weighted by atomic mass is 9.95. The summed E-state index contributed by atoms with van der Waals surface area (Å²) in [5, 5.41) is 3.03. The third-order valence-corrected chi connectivity index (χ3v) is 7.44. The van der Waals surface area contributed by atoms with Gasteiger partial charge in [0.25, 0.3) is 10.0 Å². The molecular weight excluding hydrogens is 545 g/mol. The first-order valence-electron chi connectivity index (χ1n) is 10.8. The van der Waals surface area contributed by atoms with Crippen molar-refractivity contribution in [2.75, 3.05) is 10.0 Å². The summed E-state index contributed by atoms with van der Waals surface area (Å²) in [5.74, 6) is -2.23. The van der Waals surface area contributed by atoms with E-state index < -0.39 is 38.3 Å². The number of hydrogen-bond acceptors (Lipinski definition) is 5. The van der Waals surface area contributed by atoms with Gasteiger partial charge in [0.2, 0.25) is 5.91 Å². The Kier molecular flexibility index (Phi) is 7.11. The van der Waals surface area contributed by atoms with Crippen LogP contribution in [0.25, 0.3) is 22.0 Å². The number of aromatic nitrogens is 2. The minimum atomic E-state index is -4.37. The number of anilines is 2. The molecule has 0 radical (unpaired) electrons. The van der Waals surface area contributed by atoms with E-state index in [0.29, 0.717) is 10.9 Å². The predicted octanol–water partition coefficient (Wildman–Crippen LogP) is 6.67. The van der Waals surface area contributed by atoms with E-state index in [1.54, 1.807) is 20.8 Å². The smallest absolute Gasteiger partial charge is 0.263 e. The molecule has 4 aromatic rings. The highest BCUT2D eigenvalue weighted by Gasteiger charge is 2.25. The first-order chi connectivity index (χ1) is 17.3. The van der Waals surface area contributed by atoms with Gasteiger partial charge in [-0.3, -0.25) is 9.52 Å². The van der Waals surface area contributed by atoms with Crippen molar-refractivity contribution >= 4 is 61.5 Å². The van der Waals surface area contributed by atoms with Crippen molar-refractivity contribution in [2.45, 2.75) is 25.7 Å². The van der Waals surface area contributed by atoms with E-state index in [1.807, 2.05) is 0 Å². The standard InChI is InChI=1S/C25H20Cl2F2N4O3S/c1-25(2,3)24(34)32-23-15-10-13(4-8-18(15)30-12-31-23)21-17(28)7-9-19(22(21)29)33-37(35,36)20-11-14(26)5-6-16(20)27/h4-12,33H,1-3H3,(H,30,31,32,34). The molecule has 192 valence electrons. The molecule has 0 fully saturated rings. The second kappa shape index (κ2) is 9.85. The fourth-order valence-electron chi connectivity index (χ4n) is 3.39. The topological polar surface area (TPSA) is 101 Å². The number of carbonyl (C=O) groups is 1. The molecule has 4 rings (SSSR count). The molecule has 2 N–H and O–H groups in total. The largest absolute Gasteiger partial charge is 0.310 e. The molecule has 0 aliphatic rings. The van der Waals surface area contributed by atoms with Gasteiger partial charge in [0, 0.05) is 15.8 Å². The van der Waals surface area contributed by atoms with Gasteiger partial charge in [-0.25, -0.2) is 27.2 Å². The van der Waals surface area contributed by atoms with Crippen LogP contribution in [0.2, 0.25) is 10.0 Å². The molecular formula is C25H20Cl2F2N4O3S. The average molecular weight is 565 g/mol. The zero-order chi connectivity index (χ0) is 27.1. The third-order valence-electron chi connectivity index (χ3n) is 5.36. The Labute approximate surface area is 221 Å². The fraction of sp³-hybridized carbons (Fsp3) is 0.160. The number of fused-ring (bicyclic) bond motifs is 1. The highest BCUT2D eigenvalue weighted by atomic mass is 35.5. The van der Waals surface area contributed by atoms with Crippen LogP contribution in [0.4, 0.5) is 20.3 Å². The molecule has 0 saturated carbocycles. The lowest BCUT2D eigenvalue weighted by Crippen LogP contribution is -2.28. The lowest BCUT2D eigenvalue weighted by Gasteiger charge is -2.18. The number of halogens is 4. The van der Waals surface area contributed by atoms with Crippen molar-refractivity contribution in [1.82, 2.24) is 9.97 Å². The second-order valence-electron chi connectivity index (χ2n) is 9.12. The highest BCUT2D eigenvalue weighted by Crippen LogP contribution is 2.35. The predicted molar refractivity (Wildman–Crippen MR) is 140 cm³/mol. The van der Waals surface area contributed by atoms with Crippen LogP contribution in [-0.4, -0.2) is 24.3 Å². The number of benzene rings is 3. The van der Waals surface area contributed by atoms with Crippen LogP contribution in [0, 0.1) is 17.0 Å². The minimum Gasteiger partial charge on any atom is -0.310 e. The molecule has 0 aliphatic heterocycles. The average Bonchev–Trinajstić information content (AvgIpc) is 2.82. The Bertz CT molecular complexity index is 1660. The van der Waals surface area contributed by atoms with E-state index in [1.165, 1.54) is 36.7 Å². The maximum absolute atomic E-state index is 15.6. The SMILES string of the molecule is CC(C)(C)C(=O)Nc1ncnc2ccc(-c3c(F)ccc(NS(=O)(=O)c4cc(Cl)ccc4Cl)c3F)cc12. The number of sulfonamides is 1. The summed E-state index contributed by atoms with van der Waals surface area (Å²) in [6.45, 7) is 5.18. The first kappa shape index (κ1) is 26.7. The summed E-state index contributed by atoms with van der Waals surface area (Å²) < 4.78 is 58.4. The van der Waals surface area contributed by atoms with E-state index in [2.05, 4.69) is 20.0 Å². The summed E-state index contributed by atoms with van der Waals surface area (Å²) in [6.07, 6.45) is 1.26. The van der Waals surface area contributed by atoms with Crippen LogP contribution >= 0.6 is 23.2 Å². The van der Waals surface area contributed by atoms with Gasteiger partial charge in [-0.15, -0.1) is 0 Å². The molecule has 0 atom stereocenters. The number of rotatable bonds is 5. The van der Waals surface area contributed by atoms with E-state index in [-0.39, 0.29) is 32.2 Å². The molecule has 1 aromatic heterocycles. The fourth-order valence-corrected chi connectivity index (χ4v) is 5.21.